The molecule has 0 aliphatic carbocycles. The first-order valence-electron chi connectivity index (χ1n) is 9.92. The number of rotatable bonds is 4. The third-order valence-electron chi connectivity index (χ3n) is 5.55. The van der Waals surface area contributed by atoms with E-state index in [1.54, 1.807) is 24.5 Å². The molecular weight excluding hydrogens is 429 g/mol. The van der Waals surface area contributed by atoms with Crippen LogP contribution in [-0.2, 0) is 13.6 Å². The third-order valence-corrected chi connectivity index (χ3v) is 5.55. The number of nitrogens with zero attached hydrogens (tertiary/aromatic N) is 4. The molecule has 5 aromatic rings. The lowest BCUT2D eigenvalue weighted by atomic mass is 10.2. The molecule has 1 N–H and O–H groups in total. The Kier molecular flexibility index (Phi) is 5.67. The molecule has 0 radical (unpaired) electrons. The van der Waals surface area contributed by atoms with Crippen molar-refractivity contribution in [1.82, 2.24) is 19.1 Å². The third kappa shape index (κ3) is 3.83. The number of carbonyl (C=O) groups excluding carboxylic acids is 1. The number of aromatic nitrogens is 4. The molecule has 0 saturated carbocycles. The molecular formula is C24H21ClFN5O. The predicted molar refractivity (Wildman–Crippen MR) is 126 cm³/mol. The highest BCUT2D eigenvalue weighted by Gasteiger charge is 2.17. The fourth-order valence-electron chi connectivity index (χ4n) is 3.86. The van der Waals surface area contributed by atoms with E-state index in [1.165, 1.54) is 12.1 Å². The SMILES string of the molecule is Cc1nc2cc(NC(=O)c3cc4cc(F)ccc4n3Cc3ccncc3)ccc2n1C.Cl. The second kappa shape index (κ2) is 8.43. The van der Waals surface area contributed by atoms with Crippen molar-refractivity contribution in [3.8, 4) is 0 Å². The smallest absolute Gasteiger partial charge is 0.272 e. The van der Waals surface area contributed by atoms with Gasteiger partial charge in [-0.2, -0.15) is 0 Å². The summed E-state index contributed by atoms with van der Waals surface area (Å²) in [5, 5.41) is 3.64. The number of amides is 1. The quantitative estimate of drug-likeness (QED) is 0.415. The van der Waals surface area contributed by atoms with Gasteiger partial charge in [-0.3, -0.25) is 9.78 Å². The number of pyridine rings is 1. The summed E-state index contributed by atoms with van der Waals surface area (Å²) >= 11 is 0. The van der Waals surface area contributed by atoms with E-state index in [-0.39, 0.29) is 24.1 Å². The van der Waals surface area contributed by atoms with Gasteiger partial charge in [0.15, 0.2) is 0 Å². The molecule has 3 aromatic heterocycles. The van der Waals surface area contributed by atoms with E-state index in [1.807, 2.05) is 53.4 Å². The Hall–Kier alpha value is -3.71. The number of hydrogen-bond donors (Lipinski definition) is 1. The van der Waals surface area contributed by atoms with Crippen molar-refractivity contribution in [2.24, 2.45) is 7.05 Å². The molecule has 0 bridgehead atoms. The van der Waals surface area contributed by atoms with Crippen LogP contribution in [0.5, 0.6) is 0 Å². The maximum atomic E-state index is 13.8. The van der Waals surface area contributed by atoms with Gasteiger partial charge in [-0.1, -0.05) is 0 Å². The van der Waals surface area contributed by atoms with Crippen LogP contribution in [-0.4, -0.2) is 25.0 Å². The van der Waals surface area contributed by atoms with Gasteiger partial charge in [0.2, 0.25) is 0 Å². The molecule has 0 aliphatic rings. The lowest BCUT2D eigenvalue weighted by Crippen LogP contribution is -2.17. The van der Waals surface area contributed by atoms with E-state index in [9.17, 15) is 9.18 Å². The monoisotopic (exact) mass is 449 g/mol. The van der Waals surface area contributed by atoms with E-state index in [4.69, 9.17) is 0 Å². The van der Waals surface area contributed by atoms with Crippen molar-refractivity contribution in [3.63, 3.8) is 0 Å². The van der Waals surface area contributed by atoms with Crippen LogP contribution in [0.25, 0.3) is 21.9 Å². The molecule has 0 saturated heterocycles. The van der Waals surface area contributed by atoms with Crippen molar-refractivity contribution in [3.05, 3.63) is 89.9 Å². The molecule has 2 aromatic carbocycles. The predicted octanol–water partition coefficient (Wildman–Crippen LogP) is 5.09. The van der Waals surface area contributed by atoms with Crippen LogP contribution in [0.2, 0.25) is 0 Å². The molecule has 8 heteroatoms. The van der Waals surface area contributed by atoms with Crippen molar-refractivity contribution in [2.45, 2.75) is 13.5 Å². The zero-order valence-corrected chi connectivity index (χ0v) is 18.4. The average molecular weight is 450 g/mol. The normalized spacial score (nSPS) is 11.0. The van der Waals surface area contributed by atoms with Crippen LogP contribution in [0.4, 0.5) is 10.1 Å². The van der Waals surface area contributed by atoms with E-state index >= 15 is 0 Å². The fraction of sp³-hybridized carbons (Fsp3) is 0.125. The van der Waals surface area contributed by atoms with Crippen molar-refractivity contribution < 1.29 is 9.18 Å². The minimum Gasteiger partial charge on any atom is -0.332 e. The second-order valence-corrected chi connectivity index (χ2v) is 7.55. The molecule has 6 nitrogen and oxygen atoms in total. The number of carbonyl (C=O) groups is 1. The van der Waals surface area contributed by atoms with Gasteiger partial charge in [0.05, 0.1) is 11.0 Å². The Balaban J connectivity index is 0.00000245. The Morgan fingerprint density at radius 2 is 1.78 bits per heavy atom. The Labute approximate surface area is 190 Å². The zero-order valence-electron chi connectivity index (χ0n) is 17.5. The molecule has 0 unspecified atom stereocenters. The van der Waals surface area contributed by atoms with Gasteiger partial charge in [-0.25, -0.2) is 9.37 Å². The summed E-state index contributed by atoms with van der Waals surface area (Å²) in [5.74, 6) is 0.298. The number of benzene rings is 2. The van der Waals surface area contributed by atoms with Crippen LogP contribution in [0.1, 0.15) is 21.9 Å². The second-order valence-electron chi connectivity index (χ2n) is 7.55. The molecule has 5 rings (SSSR count). The molecule has 1 amide bonds. The Bertz CT molecular complexity index is 1440. The average Bonchev–Trinajstić information content (AvgIpc) is 3.25. The van der Waals surface area contributed by atoms with E-state index in [0.29, 0.717) is 23.3 Å². The first-order chi connectivity index (χ1) is 15.0. The maximum absolute atomic E-state index is 13.8. The van der Waals surface area contributed by atoms with Gasteiger partial charge in [0.1, 0.15) is 17.3 Å². The van der Waals surface area contributed by atoms with Crippen LogP contribution in [0.3, 0.4) is 0 Å². The molecule has 32 heavy (non-hydrogen) atoms. The lowest BCUT2D eigenvalue weighted by molar-refractivity contribution is 0.101. The standard InChI is InChI=1S/C24H20FN5O.ClH/c1-15-27-20-13-19(4-6-22(20)29(15)2)28-24(31)23-12-17-11-18(25)3-5-21(17)30(23)14-16-7-9-26-10-8-16;/h3-13H,14H2,1-2H3,(H,28,31);1H. The Morgan fingerprint density at radius 1 is 1.03 bits per heavy atom. The summed E-state index contributed by atoms with van der Waals surface area (Å²) < 4.78 is 17.7. The molecule has 0 aliphatic heterocycles. The first kappa shape index (κ1) is 21.5. The van der Waals surface area contributed by atoms with Crippen molar-refractivity contribution >= 4 is 45.9 Å². The number of hydrogen-bond acceptors (Lipinski definition) is 3. The fourth-order valence-corrected chi connectivity index (χ4v) is 3.86. The summed E-state index contributed by atoms with van der Waals surface area (Å²) in [6, 6.07) is 15.7. The number of imidazole rings is 1. The lowest BCUT2D eigenvalue weighted by Gasteiger charge is -2.11. The topological polar surface area (TPSA) is 64.7 Å². The molecule has 0 spiro atoms. The number of anilines is 1. The number of fused-ring (bicyclic) bond motifs is 2. The molecule has 0 atom stereocenters. The van der Waals surface area contributed by atoms with Crippen LogP contribution >= 0.6 is 12.4 Å². The Morgan fingerprint density at radius 3 is 2.56 bits per heavy atom. The van der Waals surface area contributed by atoms with Crippen molar-refractivity contribution in [2.75, 3.05) is 5.32 Å². The highest BCUT2D eigenvalue weighted by atomic mass is 35.5. The zero-order chi connectivity index (χ0) is 21.5. The van der Waals surface area contributed by atoms with Crippen LogP contribution < -0.4 is 5.32 Å². The van der Waals surface area contributed by atoms with Crippen LogP contribution in [0.15, 0.2) is 67.0 Å². The minimum atomic E-state index is -0.337. The van der Waals surface area contributed by atoms with Gasteiger partial charge in [-0.05, 0) is 67.1 Å². The number of aryl methyl sites for hydroxylation is 2. The summed E-state index contributed by atoms with van der Waals surface area (Å²) in [6.07, 6.45) is 3.43. The van der Waals surface area contributed by atoms with E-state index in [0.717, 1.165) is 27.9 Å². The van der Waals surface area contributed by atoms with Crippen molar-refractivity contribution in [1.29, 1.82) is 0 Å². The first-order valence-corrected chi connectivity index (χ1v) is 9.92. The maximum Gasteiger partial charge on any atom is 0.272 e. The summed E-state index contributed by atoms with van der Waals surface area (Å²) in [4.78, 5) is 21.8. The van der Waals surface area contributed by atoms with Gasteiger partial charge >= 0.3 is 0 Å². The largest absolute Gasteiger partial charge is 0.332 e. The minimum absolute atomic E-state index is 0. The molecule has 162 valence electrons. The van der Waals surface area contributed by atoms with E-state index < -0.39 is 0 Å². The number of nitrogens with one attached hydrogen (secondary N) is 1. The number of halogens is 2. The van der Waals surface area contributed by atoms with Gasteiger partial charge < -0.3 is 14.5 Å². The van der Waals surface area contributed by atoms with Gasteiger partial charge in [-0.15, -0.1) is 12.4 Å². The highest BCUT2D eigenvalue weighted by molar-refractivity contribution is 6.07. The van der Waals surface area contributed by atoms with Gasteiger partial charge in [0, 0.05) is 42.6 Å². The van der Waals surface area contributed by atoms with Gasteiger partial charge in [0.25, 0.3) is 5.91 Å². The summed E-state index contributed by atoms with van der Waals surface area (Å²) in [6.45, 7) is 2.41. The molecule has 0 fully saturated rings. The van der Waals surface area contributed by atoms with E-state index in [2.05, 4.69) is 15.3 Å². The molecule has 3 heterocycles. The van der Waals surface area contributed by atoms with Crippen LogP contribution in [0, 0.1) is 12.7 Å². The summed E-state index contributed by atoms with van der Waals surface area (Å²) in [7, 11) is 1.96. The summed E-state index contributed by atoms with van der Waals surface area (Å²) in [5.41, 5.74) is 4.71. The highest BCUT2D eigenvalue weighted by Crippen LogP contribution is 2.25.